The maximum Gasteiger partial charge on any atom is 0.266 e. The zero-order chi connectivity index (χ0) is 21.1. The van der Waals surface area contributed by atoms with Gasteiger partial charge in [0.25, 0.3) is 5.91 Å². The SMILES string of the molecule is O=C(CN1C(=O)/C(=C\c2ccccc2)SC1=S)NCCc1c[nH]c2ccc(Cl)cc12. The Labute approximate surface area is 188 Å². The summed E-state index contributed by atoms with van der Waals surface area (Å²) in [5.74, 6) is -0.486. The molecule has 1 saturated heterocycles. The maximum atomic E-state index is 12.6. The molecule has 8 heteroatoms. The van der Waals surface area contributed by atoms with Gasteiger partial charge in [-0.2, -0.15) is 0 Å². The van der Waals surface area contributed by atoms with Crippen molar-refractivity contribution in [1.29, 1.82) is 0 Å². The van der Waals surface area contributed by atoms with Crippen molar-refractivity contribution in [2.75, 3.05) is 13.1 Å². The van der Waals surface area contributed by atoms with Crippen LogP contribution in [0.5, 0.6) is 0 Å². The fourth-order valence-electron chi connectivity index (χ4n) is 3.23. The molecular weight excluding hydrogens is 438 g/mol. The standard InChI is InChI=1S/C22H18ClN3O2S2/c23-16-6-7-18-17(11-16)15(12-25-18)8-9-24-20(27)13-26-21(28)19(30-22(26)29)10-14-4-2-1-3-5-14/h1-7,10-12,25H,8-9,13H2,(H,24,27)/b19-10+. The van der Waals surface area contributed by atoms with Crippen LogP contribution in [0.15, 0.2) is 59.6 Å². The average molecular weight is 456 g/mol. The van der Waals surface area contributed by atoms with Crippen molar-refractivity contribution in [3.63, 3.8) is 0 Å². The van der Waals surface area contributed by atoms with Crippen molar-refractivity contribution in [2.45, 2.75) is 6.42 Å². The summed E-state index contributed by atoms with van der Waals surface area (Å²) in [5, 5.41) is 4.58. The Bertz CT molecular complexity index is 1160. The van der Waals surface area contributed by atoms with Gasteiger partial charge in [-0.25, -0.2) is 0 Å². The Morgan fingerprint density at radius 3 is 2.83 bits per heavy atom. The maximum absolute atomic E-state index is 12.6. The smallest absolute Gasteiger partial charge is 0.266 e. The number of hydrogen-bond acceptors (Lipinski definition) is 4. The van der Waals surface area contributed by atoms with E-state index in [2.05, 4.69) is 10.3 Å². The number of rotatable bonds is 6. The monoisotopic (exact) mass is 455 g/mol. The number of nitrogens with zero attached hydrogens (tertiary/aromatic N) is 1. The van der Waals surface area contributed by atoms with Crippen LogP contribution in [0.1, 0.15) is 11.1 Å². The molecule has 1 fully saturated rings. The van der Waals surface area contributed by atoms with Crippen LogP contribution in [0.25, 0.3) is 17.0 Å². The summed E-state index contributed by atoms with van der Waals surface area (Å²) >= 11 is 12.6. The number of thiocarbonyl (C=S) groups is 1. The van der Waals surface area contributed by atoms with Crippen LogP contribution in [0, 0.1) is 0 Å². The first kappa shape index (κ1) is 20.7. The van der Waals surface area contributed by atoms with Gasteiger partial charge >= 0.3 is 0 Å². The highest BCUT2D eigenvalue weighted by Gasteiger charge is 2.33. The molecule has 4 rings (SSSR count). The van der Waals surface area contributed by atoms with E-state index in [0.717, 1.165) is 22.0 Å². The number of thioether (sulfide) groups is 1. The normalized spacial score (nSPS) is 15.4. The van der Waals surface area contributed by atoms with Crippen molar-refractivity contribution in [1.82, 2.24) is 15.2 Å². The Hall–Kier alpha value is -2.61. The molecule has 30 heavy (non-hydrogen) atoms. The van der Waals surface area contributed by atoms with E-state index < -0.39 is 0 Å². The van der Waals surface area contributed by atoms with Gasteiger partial charge in [-0.1, -0.05) is 65.9 Å². The lowest BCUT2D eigenvalue weighted by Crippen LogP contribution is -2.40. The molecule has 2 N–H and O–H groups in total. The molecule has 0 bridgehead atoms. The lowest BCUT2D eigenvalue weighted by Gasteiger charge is -2.14. The van der Waals surface area contributed by atoms with E-state index in [-0.39, 0.29) is 18.4 Å². The van der Waals surface area contributed by atoms with Crippen LogP contribution in [0.2, 0.25) is 5.02 Å². The second-order valence-corrected chi connectivity index (χ2v) is 8.89. The van der Waals surface area contributed by atoms with Crippen molar-refractivity contribution in [3.8, 4) is 0 Å². The average Bonchev–Trinajstić information content (AvgIpc) is 3.24. The minimum atomic E-state index is -0.245. The number of H-pyrrole nitrogens is 1. The summed E-state index contributed by atoms with van der Waals surface area (Å²) in [4.78, 5) is 30.1. The summed E-state index contributed by atoms with van der Waals surface area (Å²) in [7, 11) is 0. The molecule has 0 spiro atoms. The molecule has 3 aromatic rings. The second kappa shape index (κ2) is 9.04. The highest BCUT2D eigenvalue weighted by molar-refractivity contribution is 8.26. The highest BCUT2D eigenvalue weighted by atomic mass is 35.5. The number of hydrogen-bond donors (Lipinski definition) is 2. The van der Waals surface area contributed by atoms with Crippen LogP contribution in [0.3, 0.4) is 0 Å². The number of aromatic amines is 1. The van der Waals surface area contributed by atoms with Crippen LogP contribution < -0.4 is 5.32 Å². The van der Waals surface area contributed by atoms with Crippen molar-refractivity contribution >= 4 is 68.7 Å². The summed E-state index contributed by atoms with van der Waals surface area (Å²) in [5.41, 5.74) is 2.99. The molecule has 0 radical (unpaired) electrons. The Morgan fingerprint density at radius 1 is 1.23 bits per heavy atom. The number of carbonyl (C=O) groups excluding carboxylic acids is 2. The number of carbonyl (C=O) groups is 2. The molecule has 0 aliphatic carbocycles. The minimum Gasteiger partial charge on any atom is -0.361 e. The first-order valence-corrected chi connectivity index (χ1v) is 10.9. The number of aromatic nitrogens is 1. The quantitative estimate of drug-likeness (QED) is 0.427. The predicted octanol–water partition coefficient (Wildman–Crippen LogP) is 4.38. The molecule has 0 atom stereocenters. The zero-order valence-corrected chi connectivity index (χ0v) is 18.2. The van der Waals surface area contributed by atoms with E-state index in [1.54, 1.807) is 6.08 Å². The minimum absolute atomic E-state index is 0.0868. The molecule has 1 aliphatic heterocycles. The van der Waals surface area contributed by atoms with Crippen LogP contribution in [0.4, 0.5) is 0 Å². The second-order valence-electron chi connectivity index (χ2n) is 6.78. The topological polar surface area (TPSA) is 65.2 Å². The van der Waals surface area contributed by atoms with Crippen molar-refractivity contribution in [2.24, 2.45) is 0 Å². The van der Waals surface area contributed by atoms with Gasteiger partial charge in [-0.3, -0.25) is 14.5 Å². The number of benzene rings is 2. The predicted molar refractivity (Wildman–Crippen MR) is 126 cm³/mol. The number of amides is 2. The molecular formula is C22H18ClN3O2S2. The van der Waals surface area contributed by atoms with Crippen LogP contribution >= 0.6 is 35.6 Å². The van der Waals surface area contributed by atoms with E-state index >= 15 is 0 Å². The zero-order valence-electron chi connectivity index (χ0n) is 15.9. The number of halogens is 1. The lowest BCUT2D eigenvalue weighted by atomic mass is 10.1. The molecule has 0 saturated carbocycles. The molecule has 1 aliphatic rings. The van der Waals surface area contributed by atoms with Crippen LogP contribution in [-0.2, 0) is 16.0 Å². The molecule has 0 unspecified atom stereocenters. The highest BCUT2D eigenvalue weighted by Crippen LogP contribution is 2.32. The van der Waals surface area contributed by atoms with E-state index in [1.165, 1.54) is 16.7 Å². The van der Waals surface area contributed by atoms with Gasteiger partial charge < -0.3 is 10.3 Å². The molecule has 2 aromatic carbocycles. The number of nitrogens with one attached hydrogen (secondary N) is 2. The van der Waals surface area contributed by atoms with Gasteiger partial charge in [0.1, 0.15) is 10.9 Å². The van der Waals surface area contributed by atoms with E-state index in [4.69, 9.17) is 23.8 Å². The Balaban J connectivity index is 1.33. The first-order chi connectivity index (χ1) is 14.5. The van der Waals surface area contributed by atoms with E-state index in [1.807, 2.05) is 54.7 Å². The molecule has 2 amide bonds. The van der Waals surface area contributed by atoms with E-state index in [0.29, 0.717) is 27.2 Å². The fraction of sp³-hybridized carbons (Fsp3) is 0.136. The third-order valence-electron chi connectivity index (χ3n) is 4.72. The van der Waals surface area contributed by atoms with Gasteiger partial charge in [-0.05, 0) is 41.8 Å². The summed E-state index contributed by atoms with van der Waals surface area (Å²) in [6, 6.07) is 15.2. The molecule has 152 valence electrons. The molecule has 2 heterocycles. The molecule has 5 nitrogen and oxygen atoms in total. The van der Waals surface area contributed by atoms with Gasteiger partial charge in [-0.15, -0.1) is 0 Å². The van der Waals surface area contributed by atoms with Gasteiger partial charge in [0.05, 0.1) is 4.91 Å². The Kier molecular flexibility index (Phi) is 6.22. The lowest BCUT2D eigenvalue weighted by molar-refractivity contribution is -0.128. The summed E-state index contributed by atoms with van der Waals surface area (Å²) < 4.78 is 0.392. The van der Waals surface area contributed by atoms with Crippen LogP contribution in [-0.4, -0.2) is 39.1 Å². The largest absolute Gasteiger partial charge is 0.361 e. The number of fused-ring (bicyclic) bond motifs is 1. The summed E-state index contributed by atoms with van der Waals surface area (Å²) in [6.07, 6.45) is 4.36. The van der Waals surface area contributed by atoms with Gasteiger partial charge in [0, 0.05) is 28.7 Å². The Morgan fingerprint density at radius 2 is 2.03 bits per heavy atom. The van der Waals surface area contributed by atoms with E-state index in [9.17, 15) is 9.59 Å². The van der Waals surface area contributed by atoms with Gasteiger partial charge in [0.15, 0.2) is 0 Å². The first-order valence-electron chi connectivity index (χ1n) is 9.34. The van der Waals surface area contributed by atoms with Crippen molar-refractivity contribution < 1.29 is 9.59 Å². The third kappa shape index (κ3) is 4.59. The molecule has 1 aromatic heterocycles. The van der Waals surface area contributed by atoms with Gasteiger partial charge in [0.2, 0.25) is 5.91 Å². The van der Waals surface area contributed by atoms with Crippen molar-refractivity contribution in [3.05, 3.63) is 75.8 Å². The fourth-order valence-corrected chi connectivity index (χ4v) is 4.66. The summed E-state index contributed by atoms with van der Waals surface area (Å²) in [6.45, 7) is 0.365. The third-order valence-corrected chi connectivity index (χ3v) is 6.33.